The van der Waals surface area contributed by atoms with Crippen molar-refractivity contribution in [3.63, 3.8) is 0 Å². The summed E-state index contributed by atoms with van der Waals surface area (Å²) in [6, 6.07) is 1.60. The molecule has 19 heavy (non-hydrogen) atoms. The largest absolute Gasteiger partial charge is 0.475 e. The molecule has 2 rings (SSSR count). The first-order chi connectivity index (χ1) is 9.16. The van der Waals surface area contributed by atoms with Crippen LogP contribution in [0.25, 0.3) is 0 Å². The van der Waals surface area contributed by atoms with Crippen molar-refractivity contribution < 1.29 is 9.26 Å². The normalized spacial score (nSPS) is 10.7. The lowest BCUT2D eigenvalue weighted by atomic mass is 10.3. The molecule has 0 radical (unpaired) electrons. The number of rotatable bonds is 6. The Morgan fingerprint density at radius 1 is 1.42 bits per heavy atom. The average Bonchev–Trinajstić information content (AvgIpc) is 2.77. The smallest absolute Gasteiger partial charge is 0.232 e. The second-order valence-electron chi connectivity index (χ2n) is 3.89. The van der Waals surface area contributed by atoms with Gasteiger partial charge in [0, 0.05) is 24.8 Å². The third kappa shape index (κ3) is 4.09. The van der Waals surface area contributed by atoms with Crippen molar-refractivity contribution in [3.8, 4) is 5.88 Å². The Bertz CT molecular complexity index is 546. The van der Waals surface area contributed by atoms with Crippen LogP contribution in [0.4, 0.5) is 0 Å². The highest BCUT2D eigenvalue weighted by molar-refractivity contribution is 6.35. The van der Waals surface area contributed by atoms with Gasteiger partial charge in [-0.15, -0.1) is 0 Å². The van der Waals surface area contributed by atoms with Gasteiger partial charge in [-0.1, -0.05) is 28.4 Å². The fourth-order valence-corrected chi connectivity index (χ4v) is 1.87. The van der Waals surface area contributed by atoms with Crippen LogP contribution in [0.1, 0.15) is 11.3 Å². The zero-order valence-electron chi connectivity index (χ0n) is 10.3. The molecule has 0 saturated carbocycles. The maximum Gasteiger partial charge on any atom is 0.232 e. The van der Waals surface area contributed by atoms with Gasteiger partial charge in [0.05, 0.1) is 10.7 Å². The topological polar surface area (TPSA) is 60.2 Å². The molecule has 0 aliphatic carbocycles. The molecule has 2 aromatic heterocycles. The van der Waals surface area contributed by atoms with Crippen LogP contribution in [-0.2, 0) is 6.54 Å². The minimum atomic E-state index is 0.383. The van der Waals surface area contributed by atoms with E-state index in [0.29, 0.717) is 35.6 Å². The van der Waals surface area contributed by atoms with Crippen LogP contribution in [0.5, 0.6) is 5.88 Å². The summed E-state index contributed by atoms with van der Waals surface area (Å²) < 4.78 is 10.3. The summed E-state index contributed by atoms with van der Waals surface area (Å²) >= 11 is 11.7. The van der Waals surface area contributed by atoms with E-state index in [1.165, 1.54) is 6.20 Å². The Morgan fingerprint density at radius 3 is 2.95 bits per heavy atom. The van der Waals surface area contributed by atoms with Crippen LogP contribution in [0.2, 0.25) is 10.0 Å². The van der Waals surface area contributed by atoms with Crippen LogP contribution in [-0.4, -0.2) is 23.3 Å². The van der Waals surface area contributed by atoms with Gasteiger partial charge in [0.1, 0.15) is 17.9 Å². The average molecular weight is 302 g/mol. The van der Waals surface area contributed by atoms with E-state index in [0.717, 1.165) is 11.3 Å². The number of aromatic nitrogens is 2. The van der Waals surface area contributed by atoms with E-state index >= 15 is 0 Å². The number of hydrogen-bond acceptors (Lipinski definition) is 5. The van der Waals surface area contributed by atoms with Gasteiger partial charge in [-0.3, -0.25) is 0 Å². The Hall–Kier alpha value is -1.30. The van der Waals surface area contributed by atoms with E-state index in [4.69, 9.17) is 32.5 Å². The highest BCUT2D eigenvalue weighted by Gasteiger charge is 2.04. The van der Waals surface area contributed by atoms with Gasteiger partial charge < -0.3 is 14.6 Å². The summed E-state index contributed by atoms with van der Waals surface area (Å²) in [5.41, 5.74) is 1.92. The Morgan fingerprint density at radius 2 is 2.26 bits per heavy atom. The molecule has 0 unspecified atom stereocenters. The van der Waals surface area contributed by atoms with Crippen molar-refractivity contribution >= 4 is 23.2 Å². The fraction of sp³-hybridized carbons (Fsp3) is 0.333. The summed E-state index contributed by atoms with van der Waals surface area (Å²) in [7, 11) is 0. The summed E-state index contributed by atoms with van der Waals surface area (Å²) in [6.07, 6.45) is 3.12. The SMILES string of the molecule is Cc1nocc1CNCCOc1ncc(Cl)cc1Cl. The van der Waals surface area contributed by atoms with Gasteiger partial charge in [-0.25, -0.2) is 4.98 Å². The lowest BCUT2D eigenvalue weighted by Crippen LogP contribution is -2.21. The molecule has 0 bridgehead atoms. The van der Waals surface area contributed by atoms with Crippen LogP contribution >= 0.6 is 23.2 Å². The predicted molar refractivity (Wildman–Crippen MR) is 72.7 cm³/mol. The number of ether oxygens (including phenoxy) is 1. The molecule has 2 aromatic rings. The van der Waals surface area contributed by atoms with Crippen molar-refractivity contribution in [2.24, 2.45) is 0 Å². The lowest BCUT2D eigenvalue weighted by Gasteiger charge is -2.07. The zero-order valence-corrected chi connectivity index (χ0v) is 11.8. The highest BCUT2D eigenvalue weighted by Crippen LogP contribution is 2.24. The van der Waals surface area contributed by atoms with Gasteiger partial charge in [0.25, 0.3) is 0 Å². The second kappa shape index (κ2) is 6.75. The van der Waals surface area contributed by atoms with E-state index < -0.39 is 0 Å². The molecular weight excluding hydrogens is 289 g/mol. The Labute approximate surface area is 120 Å². The van der Waals surface area contributed by atoms with Gasteiger partial charge in [-0.05, 0) is 13.0 Å². The maximum absolute atomic E-state index is 5.93. The first-order valence-corrected chi connectivity index (χ1v) is 6.47. The van der Waals surface area contributed by atoms with E-state index in [-0.39, 0.29) is 0 Å². The van der Waals surface area contributed by atoms with Crippen LogP contribution < -0.4 is 10.1 Å². The van der Waals surface area contributed by atoms with E-state index in [1.807, 2.05) is 6.92 Å². The number of hydrogen-bond donors (Lipinski definition) is 1. The number of halogens is 2. The van der Waals surface area contributed by atoms with Gasteiger partial charge in [0.2, 0.25) is 5.88 Å². The molecule has 2 heterocycles. The highest BCUT2D eigenvalue weighted by atomic mass is 35.5. The standard InChI is InChI=1S/C12H13Cl2N3O2/c1-8-9(7-19-17-8)5-15-2-3-18-12-11(14)4-10(13)6-16-12/h4,6-7,15H,2-3,5H2,1H3. The molecule has 7 heteroatoms. The summed E-state index contributed by atoms with van der Waals surface area (Å²) in [5, 5.41) is 7.89. The maximum atomic E-state index is 5.93. The van der Waals surface area contributed by atoms with Crippen LogP contribution in [0, 0.1) is 6.92 Å². The molecule has 0 spiro atoms. The third-order valence-electron chi connectivity index (χ3n) is 2.46. The van der Waals surface area contributed by atoms with Gasteiger partial charge in [0.15, 0.2) is 0 Å². The Kier molecular flexibility index (Phi) is 5.01. The van der Waals surface area contributed by atoms with Crippen molar-refractivity contribution in [1.82, 2.24) is 15.5 Å². The molecule has 0 amide bonds. The monoisotopic (exact) mass is 301 g/mol. The van der Waals surface area contributed by atoms with Crippen LogP contribution in [0.3, 0.4) is 0 Å². The van der Waals surface area contributed by atoms with Crippen molar-refractivity contribution in [2.75, 3.05) is 13.2 Å². The lowest BCUT2D eigenvalue weighted by molar-refractivity contribution is 0.302. The molecule has 0 atom stereocenters. The molecule has 0 aliphatic rings. The van der Waals surface area contributed by atoms with Gasteiger partial charge in [-0.2, -0.15) is 0 Å². The zero-order chi connectivity index (χ0) is 13.7. The first kappa shape index (κ1) is 14.1. The van der Waals surface area contributed by atoms with Crippen molar-refractivity contribution in [3.05, 3.63) is 39.8 Å². The van der Waals surface area contributed by atoms with Crippen molar-refractivity contribution in [2.45, 2.75) is 13.5 Å². The van der Waals surface area contributed by atoms with Gasteiger partial charge >= 0.3 is 0 Å². The molecule has 0 saturated heterocycles. The molecule has 5 nitrogen and oxygen atoms in total. The summed E-state index contributed by atoms with van der Waals surface area (Å²) in [4.78, 5) is 4.00. The minimum absolute atomic E-state index is 0.383. The number of nitrogens with one attached hydrogen (secondary N) is 1. The van der Waals surface area contributed by atoms with Crippen molar-refractivity contribution in [1.29, 1.82) is 0 Å². The number of aryl methyl sites for hydroxylation is 1. The molecule has 0 fully saturated rings. The molecule has 102 valence electrons. The molecular formula is C12H13Cl2N3O2. The minimum Gasteiger partial charge on any atom is -0.475 e. The first-order valence-electron chi connectivity index (χ1n) is 5.71. The Balaban J connectivity index is 1.71. The quantitative estimate of drug-likeness (QED) is 0.831. The van der Waals surface area contributed by atoms with E-state index in [1.54, 1.807) is 12.3 Å². The molecule has 0 aromatic carbocycles. The summed E-state index contributed by atoms with van der Waals surface area (Å²) in [5.74, 6) is 0.383. The molecule has 1 N–H and O–H groups in total. The second-order valence-corrected chi connectivity index (χ2v) is 4.73. The van der Waals surface area contributed by atoms with E-state index in [2.05, 4.69) is 15.5 Å². The summed E-state index contributed by atoms with van der Waals surface area (Å²) in [6.45, 7) is 3.69. The van der Waals surface area contributed by atoms with E-state index in [9.17, 15) is 0 Å². The predicted octanol–water partition coefficient (Wildman–Crippen LogP) is 2.85. The number of nitrogens with zero attached hydrogens (tertiary/aromatic N) is 2. The third-order valence-corrected chi connectivity index (χ3v) is 2.93. The molecule has 0 aliphatic heterocycles. The van der Waals surface area contributed by atoms with Crippen LogP contribution in [0.15, 0.2) is 23.0 Å². The number of pyridine rings is 1. The fourth-order valence-electron chi connectivity index (χ4n) is 1.43.